The molecule has 2 unspecified atom stereocenters. The lowest BCUT2D eigenvalue weighted by Gasteiger charge is -2.15. The fraction of sp³-hybridized carbons (Fsp3) is 0.600. The molecule has 6 nitrogen and oxygen atoms in total. The van der Waals surface area contributed by atoms with Gasteiger partial charge in [-0.05, 0) is 12.8 Å². The first-order chi connectivity index (χ1) is 8.04. The fourth-order valence-corrected chi connectivity index (χ4v) is 1.88. The molecule has 0 aliphatic carbocycles. The minimum atomic E-state index is -0.997. The van der Waals surface area contributed by atoms with E-state index in [1.807, 2.05) is 0 Å². The summed E-state index contributed by atoms with van der Waals surface area (Å²) in [6, 6.07) is 0. The van der Waals surface area contributed by atoms with Crippen LogP contribution >= 0.6 is 0 Å². The van der Waals surface area contributed by atoms with Crippen LogP contribution in [0.3, 0.4) is 0 Å². The van der Waals surface area contributed by atoms with Crippen LogP contribution < -0.4 is 11.2 Å². The Labute approximate surface area is 95.9 Å². The molecule has 94 valence electrons. The van der Waals surface area contributed by atoms with Gasteiger partial charge in [0.1, 0.15) is 6.23 Å². The van der Waals surface area contributed by atoms with Crippen molar-refractivity contribution in [3.8, 4) is 0 Å². The lowest BCUT2D eigenvalue weighted by molar-refractivity contribution is -0.0256. The Balaban J connectivity index is 2.41. The molecule has 7 heteroatoms. The van der Waals surface area contributed by atoms with Crippen LogP contribution in [0, 0.1) is 5.82 Å². The monoisotopic (exact) mass is 244 g/mol. The molecule has 2 atom stereocenters. The van der Waals surface area contributed by atoms with E-state index >= 15 is 0 Å². The maximum atomic E-state index is 13.3. The predicted octanol–water partition coefficient (Wildman–Crippen LogP) is -0.644. The number of hydrogen-bond donors (Lipinski definition) is 1. The fourth-order valence-electron chi connectivity index (χ4n) is 1.88. The zero-order valence-corrected chi connectivity index (χ0v) is 9.30. The number of halogens is 1. The lowest BCUT2D eigenvalue weighted by Crippen LogP contribution is -2.40. The van der Waals surface area contributed by atoms with Gasteiger partial charge in [-0.15, -0.1) is 0 Å². The van der Waals surface area contributed by atoms with Crippen LogP contribution in [0.5, 0.6) is 0 Å². The van der Waals surface area contributed by atoms with Crippen molar-refractivity contribution < 1.29 is 14.2 Å². The first-order valence-corrected chi connectivity index (χ1v) is 5.28. The highest BCUT2D eigenvalue weighted by Gasteiger charge is 2.27. The molecule has 1 aliphatic heterocycles. The Bertz CT molecular complexity index is 536. The van der Waals surface area contributed by atoms with E-state index in [9.17, 15) is 14.0 Å². The first-order valence-electron chi connectivity index (χ1n) is 5.28. The van der Waals surface area contributed by atoms with Crippen molar-refractivity contribution in [3.63, 3.8) is 0 Å². The Morgan fingerprint density at radius 1 is 1.53 bits per heavy atom. The first kappa shape index (κ1) is 12.0. The molecule has 1 saturated heterocycles. The van der Waals surface area contributed by atoms with Crippen molar-refractivity contribution in [2.45, 2.75) is 25.2 Å². The summed E-state index contributed by atoms with van der Waals surface area (Å²) in [7, 11) is 1.21. The Hall–Kier alpha value is -1.47. The summed E-state index contributed by atoms with van der Waals surface area (Å²) in [5, 5.41) is 8.91. The number of aliphatic hydroxyl groups is 1. The third-order valence-corrected chi connectivity index (χ3v) is 2.87. The van der Waals surface area contributed by atoms with E-state index in [4.69, 9.17) is 9.84 Å². The predicted molar refractivity (Wildman–Crippen MR) is 56.1 cm³/mol. The Morgan fingerprint density at radius 3 is 2.82 bits per heavy atom. The standard InChI is InChI=1S/C10H13FN2O4/c1-12-9(15)7(11)4-13(10(12)16)8-3-2-6(5-14)17-8/h4,6,8,14H,2-3,5H2,1H3. The van der Waals surface area contributed by atoms with E-state index in [-0.39, 0.29) is 12.7 Å². The van der Waals surface area contributed by atoms with Crippen LogP contribution in [0.4, 0.5) is 4.39 Å². The molecule has 17 heavy (non-hydrogen) atoms. The summed E-state index contributed by atoms with van der Waals surface area (Å²) in [6.45, 7) is -0.139. The summed E-state index contributed by atoms with van der Waals surface area (Å²) in [4.78, 5) is 22.9. The second-order valence-electron chi connectivity index (χ2n) is 4.00. The quantitative estimate of drug-likeness (QED) is 0.750. The number of ether oxygens (including phenoxy) is 1. The van der Waals surface area contributed by atoms with E-state index in [0.717, 1.165) is 10.8 Å². The molecule has 0 spiro atoms. The van der Waals surface area contributed by atoms with Gasteiger partial charge >= 0.3 is 5.69 Å². The number of rotatable bonds is 2. The zero-order chi connectivity index (χ0) is 12.6. The maximum absolute atomic E-state index is 13.3. The second kappa shape index (κ2) is 4.42. The second-order valence-corrected chi connectivity index (χ2v) is 4.00. The molecule has 0 bridgehead atoms. The number of aromatic nitrogens is 2. The number of aliphatic hydroxyl groups excluding tert-OH is 1. The van der Waals surface area contributed by atoms with Crippen LogP contribution in [-0.4, -0.2) is 27.0 Å². The molecule has 2 rings (SSSR count). The van der Waals surface area contributed by atoms with E-state index in [1.165, 1.54) is 7.05 Å². The van der Waals surface area contributed by atoms with Crippen molar-refractivity contribution in [2.75, 3.05) is 6.61 Å². The molecule has 1 fully saturated rings. The molecule has 1 aromatic heterocycles. The van der Waals surface area contributed by atoms with Gasteiger partial charge in [0.25, 0.3) is 5.56 Å². The van der Waals surface area contributed by atoms with Gasteiger partial charge in [-0.25, -0.2) is 4.79 Å². The average Bonchev–Trinajstić information content (AvgIpc) is 2.79. The van der Waals surface area contributed by atoms with E-state index in [2.05, 4.69) is 0 Å². The van der Waals surface area contributed by atoms with Crippen LogP contribution in [0.15, 0.2) is 15.8 Å². The van der Waals surface area contributed by atoms with Gasteiger partial charge in [-0.3, -0.25) is 13.9 Å². The van der Waals surface area contributed by atoms with Gasteiger partial charge in [0.05, 0.1) is 18.9 Å². The summed E-state index contributed by atoms with van der Waals surface area (Å²) >= 11 is 0. The maximum Gasteiger partial charge on any atom is 0.333 e. The zero-order valence-electron chi connectivity index (χ0n) is 9.30. The molecule has 0 radical (unpaired) electrons. The van der Waals surface area contributed by atoms with Gasteiger partial charge in [-0.1, -0.05) is 0 Å². The van der Waals surface area contributed by atoms with E-state index in [0.29, 0.717) is 17.4 Å². The van der Waals surface area contributed by atoms with Gasteiger partial charge in [0, 0.05) is 7.05 Å². The van der Waals surface area contributed by atoms with Crippen molar-refractivity contribution in [1.29, 1.82) is 0 Å². The normalized spacial score (nSPS) is 24.2. The smallest absolute Gasteiger partial charge is 0.333 e. The molecule has 0 aromatic carbocycles. The van der Waals surface area contributed by atoms with Crippen molar-refractivity contribution >= 4 is 0 Å². The van der Waals surface area contributed by atoms with Crippen LogP contribution in [0.2, 0.25) is 0 Å². The van der Waals surface area contributed by atoms with Gasteiger partial charge < -0.3 is 9.84 Å². The van der Waals surface area contributed by atoms with E-state index < -0.39 is 23.3 Å². The molecule has 0 saturated carbocycles. The molecule has 1 aromatic rings. The SMILES string of the molecule is Cn1c(=O)c(F)cn(C2CCC(CO)O2)c1=O. The van der Waals surface area contributed by atoms with Gasteiger partial charge in [0.2, 0.25) is 5.82 Å². The third kappa shape index (κ3) is 2.03. The molecule has 1 aliphatic rings. The lowest BCUT2D eigenvalue weighted by atomic mass is 10.2. The van der Waals surface area contributed by atoms with Crippen LogP contribution in [0.1, 0.15) is 19.1 Å². The summed E-state index contributed by atoms with van der Waals surface area (Å²) < 4.78 is 20.4. The highest BCUT2D eigenvalue weighted by Crippen LogP contribution is 2.26. The van der Waals surface area contributed by atoms with Crippen LogP contribution in [-0.2, 0) is 11.8 Å². The van der Waals surface area contributed by atoms with Gasteiger partial charge in [0.15, 0.2) is 0 Å². The minimum absolute atomic E-state index is 0.139. The summed E-state index contributed by atoms with van der Waals surface area (Å²) in [5.41, 5.74) is -1.58. The average molecular weight is 244 g/mol. The summed E-state index contributed by atoms with van der Waals surface area (Å²) in [6.07, 6.45) is 0.990. The Morgan fingerprint density at radius 2 is 2.24 bits per heavy atom. The van der Waals surface area contributed by atoms with Crippen LogP contribution in [0.25, 0.3) is 0 Å². The molecule has 1 N–H and O–H groups in total. The third-order valence-electron chi connectivity index (χ3n) is 2.87. The summed E-state index contributed by atoms with van der Waals surface area (Å²) in [5.74, 6) is -0.997. The van der Waals surface area contributed by atoms with Crippen molar-refractivity contribution in [1.82, 2.24) is 9.13 Å². The van der Waals surface area contributed by atoms with Gasteiger partial charge in [-0.2, -0.15) is 4.39 Å². The molecule has 2 heterocycles. The highest BCUT2D eigenvalue weighted by atomic mass is 19.1. The Kier molecular flexibility index (Phi) is 3.12. The van der Waals surface area contributed by atoms with Crippen molar-refractivity contribution in [2.24, 2.45) is 7.05 Å². The van der Waals surface area contributed by atoms with Crippen molar-refractivity contribution in [3.05, 3.63) is 32.9 Å². The van der Waals surface area contributed by atoms with E-state index in [1.54, 1.807) is 0 Å². The molecular formula is C10H13FN2O4. The molecule has 0 amide bonds. The topological polar surface area (TPSA) is 73.5 Å². The largest absolute Gasteiger partial charge is 0.394 e. The number of hydrogen-bond acceptors (Lipinski definition) is 4. The number of nitrogens with zero attached hydrogens (tertiary/aromatic N) is 2. The minimum Gasteiger partial charge on any atom is -0.394 e. The highest BCUT2D eigenvalue weighted by molar-refractivity contribution is 4.91. The molecular weight excluding hydrogens is 231 g/mol.